The third-order valence-electron chi connectivity index (χ3n) is 2.01. The van der Waals surface area contributed by atoms with Crippen LogP contribution in [0.2, 0.25) is 0 Å². The molecule has 5 heteroatoms. The molecule has 0 aliphatic heterocycles. The van der Waals surface area contributed by atoms with Gasteiger partial charge in [-0.3, -0.25) is 0 Å². The van der Waals surface area contributed by atoms with E-state index in [4.69, 9.17) is 4.74 Å². The maximum absolute atomic E-state index is 11.6. The molecule has 1 heterocycles. The number of aryl methyl sites for hydroxylation is 2. The summed E-state index contributed by atoms with van der Waals surface area (Å²) in [5, 5.41) is 0. The van der Waals surface area contributed by atoms with E-state index in [2.05, 4.69) is 9.97 Å². The van der Waals surface area contributed by atoms with E-state index in [0.717, 1.165) is 0 Å². The van der Waals surface area contributed by atoms with E-state index < -0.39 is 11.7 Å². The summed E-state index contributed by atoms with van der Waals surface area (Å²) in [5.74, 6) is -0.435. The summed E-state index contributed by atoms with van der Waals surface area (Å²) in [7, 11) is 0. The van der Waals surface area contributed by atoms with Gasteiger partial charge in [-0.25, -0.2) is 9.59 Å². The topological polar surface area (TPSA) is 72.0 Å². The van der Waals surface area contributed by atoms with Gasteiger partial charge in [0.25, 0.3) is 0 Å². The number of ether oxygens (including phenoxy) is 1. The predicted molar refractivity (Wildman–Crippen MR) is 54.9 cm³/mol. The van der Waals surface area contributed by atoms with Gasteiger partial charge in [-0.05, 0) is 20.3 Å². The van der Waals surface area contributed by atoms with E-state index in [1.165, 1.54) is 0 Å². The molecule has 0 saturated heterocycles. The average molecular weight is 210 g/mol. The van der Waals surface area contributed by atoms with Crippen LogP contribution in [0.1, 0.15) is 35.6 Å². The lowest BCUT2D eigenvalue weighted by atomic mass is 10.1. The Balaban J connectivity index is 3.26. The standard InChI is InChI=1S/C10H14N2O3/c1-4-7-8(9(13)15-5-2)6(3)11-10(14)12-7/h4-5H2,1-3H3,(H,11,12,14). The van der Waals surface area contributed by atoms with Crippen molar-refractivity contribution in [3.8, 4) is 0 Å². The molecule has 15 heavy (non-hydrogen) atoms. The van der Waals surface area contributed by atoms with Crippen LogP contribution in [0.25, 0.3) is 0 Å². The van der Waals surface area contributed by atoms with Gasteiger partial charge >= 0.3 is 11.7 Å². The number of nitrogens with zero attached hydrogens (tertiary/aromatic N) is 1. The lowest BCUT2D eigenvalue weighted by molar-refractivity contribution is 0.0523. The third-order valence-corrected chi connectivity index (χ3v) is 2.01. The highest BCUT2D eigenvalue weighted by molar-refractivity contribution is 5.91. The SMILES string of the molecule is CCOC(=O)c1c(CC)nc(=O)[nH]c1C. The van der Waals surface area contributed by atoms with E-state index in [1.807, 2.05) is 6.92 Å². The smallest absolute Gasteiger partial charge is 0.345 e. The second-order valence-electron chi connectivity index (χ2n) is 3.06. The minimum absolute atomic E-state index is 0.306. The van der Waals surface area contributed by atoms with Crippen molar-refractivity contribution in [1.82, 2.24) is 9.97 Å². The number of nitrogens with one attached hydrogen (secondary N) is 1. The molecule has 0 aliphatic carbocycles. The van der Waals surface area contributed by atoms with E-state index in [-0.39, 0.29) is 0 Å². The van der Waals surface area contributed by atoms with Gasteiger partial charge in [-0.2, -0.15) is 4.98 Å². The normalized spacial score (nSPS) is 10.1. The van der Waals surface area contributed by atoms with Crippen molar-refractivity contribution < 1.29 is 9.53 Å². The van der Waals surface area contributed by atoms with Crippen molar-refractivity contribution in [2.75, 3.05) is 6.61 Å². The Bertz CT molecular complexity index is 423. The molecule has 0 fully saturated rings. The predicted octanol–water partition coefficient (Wildman–Crippen LogP) is 0.817. The van der Waals surface area contributed by atoms with Crippen LogP contribution < -0.4 is 5.69 Å². The van der Waals surface area contributed by atoms with Crippen molar-refractivity contribution in [2.24, 2.45) is 0 Å². The van der Waals surface area contributed by atoms with Crippen LogP contribution in [0.15, 0.2) is 4.79 Å². The molecular weight excluding hydrogens is 196 g/mol. The van der Waals surface area contributed by atoms with Gasteiger partial charge in [0.05, 0.1) is 12.3 Å². The van der Waals surface area contributed by atoms with Gasteiger partial charge in [0.15, 0.2) is 0 Å². The first kappa shape index (κ1) is 11.4. The Labute approximate surface area is 87.5 Å². The van der Waals surface area contributed by atoms with Gasteiger partial charge in [0.2, 0.25) is 0 Å². The van der Waals surface area contributed by atoms with Gasteiger partial charge in [-0.15, -0.1) is 0 Å². The fraction of sp³-hybridized carbons (Fsp3) is 0.500. The Hall–Kier alpha value is -1.65. The number of hydrogen-bond donors (Lipinski definition) is 1. The number of aromatic amines is 1. The van der Waals surface area contributed by atoms with Crippen LogP contribution >= 0.6 is 0 Å². The average Bonchev–Trinajstić information content (AvgIpc) is 2.16. The van der Waals surface area contributed by atoms with Crippen molar-refractivity contribution in [2.45, 2.75) is 27.2 Å². The van der Waals surface area contributed by atoms with Crippen molar-refractivity contribution in [1.29, 1.82) is 0 Å². The molecule has 1 aromatic rings. The zero-order valence-electron chi connectivity index (χ0n) is 9.09. The lowest BCUT2D eigenvalue weighted by Gasteiger charge is -2.08. The first-order valence-corrected chi connectivity index (χ1v) is 4.87. The Morgan fingerprint density at radius 2 is 2.13 bits per heavy atom. The maximum atomic E-state index is 11.6. The fourth-order valence-corrected chi connectivity index (χ4v) is 1.38. The number of esters is 1. The molecule has 0 aliphatic rings. The Morgan fingerprint density at radius 1 is 1.47 bits per heavy atom. The van der Waals surface area contributed by atoms with Crippen LogP contribution in [0, 0.1) is 6.92 Å². The summed E-state index contributed by atoms with van der Waals surface area (Å²) in [6.07, 6.45) is 0.527. The Kier molecular flexibility index (Phi) is 3.60. The molecule has 0 aromatic carbocycles. The summed E-state index contributed by atoms with van der Waals surface area (Å²) < 4.78 is 4.89. The quantitative estimate of drug-likeness (QED) is 0.749. The molecular formula is C10H14N2O3. The molecule has 1 aromatic heterocycles. The summed E-state index contributed by atoms with van der Waals surface area (Å²) in [5.41, 5.74) is 0.927. The monoisotopic (exact) mass is 210 g/mol. The first-order valence-electron chi connectivity index (χ1n) is 4.87. The number of hydrogen-bond acceptors (Lipinski definition) is 4. The zero-order chi connectivity index (χ0) is 11.4. The van der Waals surface area contributed by atoms with Crippen LogP contribution in [-0.2, 0) is 11.2 Å². The van der Waals surface area contributed by atoms with E-state index in [0.29, 0.717) is 30.0 Å². The maximum Gasteiger partial charge on any atom is 0.345 e. The summed E-state index contributed by atoms with van der Waals surface area (Å²) in [6.45, 7) is 5.54. The van der Waals surface area contributed by atoms with Crippen molar-refractivity contribution in [3.63, 3.8) is 0 Å². The van der Waals surface area contributed by atoms with Crippen molar-refractivity contribution in [3.05, 3.63) is 27.4 Å². The van der Waals surface area contributed by atoms with Crippen LogP contribution in [0.3, 0.4) is 0 Å². The molecule has 5 nitrogen and oxygen atoms in total. The second-order valence-corrected chi connectivity index (χ2v) is 3.06. The highest BCUT2D eigenvalue weighted by Crippen LogP contribution is 2.10. The van der Waals surface area contributed by atoms with Crippen LogP contribution in [0.4, 0.5) is 0 Å². The van der Waals surface area contributed by atoms with Crippen molar-refractivity contribution >= 4 is 5.97 Å². The third kappa shape index (κ3) is 2.43. The second kappa shape index (κ2) is 4.72. The lowest BCUT2D eigenvalue weighted by Crippen LogP contribution is -2.21. The molecule has 0 spiro atoms. The van der Waals surface area contributed by atoms with E-state index in [1.54, 1.807) is 13.8 Å². The van der Waals surface area contributed by atoms with Crippen LogP contribution in [-0.4, -0.2) is 22.5 Å². The molecule has 0 radical (unpaired) electrons. The molecule has 0 bridgehead atoms. The van der Waals surface area contributed by atoms with Gasteiger partial charge in [0.1, 0.15) is 5.56 Å². The number of carbonyl (C=O) groups is 1. The minimum atomic E-state index is -0.435. The molecule has 82 valence electrons. The van der Waals surface area contributed by atoms with Crippen LogP contribution in [0.5, 0.6) is 0 Å². The number of carbonyl (C=O) groups excluding carboxylic acids is 1. The van der Waals surface area contributed by atoms with Gasteiger partial charge in [-0.1, -0.05) is 6.92 Å². The summed E-state index contributed by atoms with van der Waals surface area (Å²) >= 11 is 0. The molecule has 0 atom stereocenters. The fourth-order valence-electron chi connectivity index (χ4n) is 1.38. The molecule has 0 amide bonds. The highest BCUT2D eigenvalue weighted by Gasteiger charge is 2.16. The molecule has 1 rings (SSSR count). The first-order chi connectivity index (χ1) is 7.10. The number of aromatic nitrogens is 2. The van der Waals surface area contributed by atoms with E-state index >= 15 is 0 Å². The summed E-state index contributed by atoms with van der Waals surface area (Å²) in [4.78, 5) is 28.9. The highest BCUT2D eigenvalue weighted by atomic mass is 16.5. The number of rotatable bonds is 3. The minimum Gasteiger partial charge on any atom is -0.462 e. The summed E-state index contributed by atoms with van der Waals surface area (Å²) in [6, 6.07) is 0. The Morgan fingerprint density at radius 3 is 2.67 bits per heavy atom. The largest absolute Gasteiger partial charge is 0.462 e. The number of H-pyrrole nitrogens is 1. The molecule has 0 unspecified atom stereocenters. The molecule has 1 N–H and O–H groups in total. The van der Waals surface area contributed by atoms with E-state index in [9.17, 15) is 9.59 Å². The van der Waals surface area contributed by atoms with Gasteiger partial charge < -0.3 is 9.72 Å². The molecule has 0 saturated carbocycles. The van der Waals surface area contributed by atoms with Gasteiger partial charge in [0, 0.05) is 5.69 Å². The zero-order valence-corrected chi connectivity index (χ0v) is 9.09.